The SMILES string of the molecule is C=CC.C=CC(=O)O.CCC. The molecule has 0 aromatic carbocycles. The van der Waals surface area contributed by atoms with Crippen LogP contribution in [0.3, 0.4) is 0 Å². The fourth-order valence-electron chi connectivity index (χ4n) is 0. The molecule has 0 heterocycles. The molecule has 0 aliphatic heterocycles. The van der Waals surface area contributed by atoms with Crippen molar-refractivity contribution in [1.82, 2.24) is 0 Å². The van der Waals surface area contributed by atoms with E-state index in [1.54, 1.807) is 6.08 Å². The standard InChI is InChI=1S/C3H4O2.C3H8.C3H6/c1-2-3(4)5;2*1-3-2/h2H,1H2,(H,4,5);3H2,1-2H3;3H,1H2,2H3. The molecule has 0 aromatic rings. The number of carboxylic acids is 1. The van der Waals surface area contributed by atoms with Crippen LogP contribution in [0, 0.1) is 0 Å². The average molecular weight is 158 g/mol. The van der Waals surface area contributed by atoms with Crippen LogP contribution in [0.5, 0.6) is 0 Å². The summed E-state index contributed by atoms with van der Waals surface area (Å²) in [7, 11) is 0. The van der Waals surface area contributed by atoms with Gasteiger partial charge in [-0.25, -0.2) is 4.79 Å². The molecule has 66 valence electrons. The van der Waals surface area contributed by atoms with Gasteiger partial charge in [-0.05, 0) is 6.92 Å². The second kappa shape index (κ2) is 23.1. The zero-order valence-electron chi connectivity index (χ0n) is 7.63. The Kier molecular flexibility index (Phi) is 34.6. The molecule has 0 atom stereocenters. The molecule has 1 N–H and O–H groups in total. The van der Waals surface area contributed by atoms with Gasteiger partial charge in [-0.15, -0.1) is 6.58 Å². The first-order valence-electron chi connectivity index (χ1n) is 3.52. The van der Waals surface area contributed by atoms with Crippen molar-refractivity contribution < 1.29 is 9.90 Å². The number of rotatable bonds is 1. The highest BCUT2D eigenvalue weighted by Gasteiger charge is 1.73. The Morgan fingerprint density at radius 2 is 1.55 bits per heavy atom. The first kappa shape index (κ1) is 16.5. The van der Waals surface area contributed by atoms with Gasteiger partial charge in [0, 0.05) is 6.08 Å². The van der Waals surface area contributed by atoms with Crippen LogP contribution in [0.15, 0.2) is 25.3 Å². The van der Waals surface area contributed by atoms with Crippen molar-refractivity contribution in [2.45, 2.75) is 27.2 Å². The topological polar surface area (TPSA) is 37.3 Å². The Morgan fingerprint density at radius 3 is 1.55 bits per heavy atom. The minimum absolute atomic E-state index is 0.833. The normalized spacial score (nSPS) is 5.73. The lowest BCUT2D eigenvalue weighted by atomic mass is 10.6. The van der Waals surface area contributed by atoms with E-state index in [-0.39, 0.29) is 0 Å². The van der Waals surface area contributed by atoms with Gasteiger partial charge in [-0.3, -0.25) is 0 Å². The number of aliphatic carboxylic acids is 1. The zero-order valence-corrected chi connectivity index (χ0v) is 7.63. The third-order valence-corrected chi connectivity index (χ3v) is 0.175. The lowest BCUT2D eigenvalue weighted by Crippen LogP contribution is -1.82. The summed E-state index contributed by atoms with van der Waals surface area (Å²) in [4.78, 5) is 9.25. The van der Waals surface area contributed by atoms with Gasteiger partial charge < -0.3 is 5.11 Å². The second-order valence-electron chi connectivity index (χ2n) is 1.66. The highest BCUT2D eigenvalue weighted by Crippen LogP contribution is 1.56. The molecule has 0 fully saturated rings. The van der Waals surface area contributed by atoms with Crippen LogP contribution in [0.25, 0.3) is 0 Å². The van der Waals surface area contributed by atoms with Crippen molar-refractivity contribution in [3.05, 3.63) is 25.3 Å². The molecule has 0 radical (unpaired) electrons. The molecule has 0 bridgehead atoms. The molecule has 2 heteroatoms. The summed E-state index contributed by atoms with van der Waals surface area (Å²) in [5.74, 6) is -0.981. The summed E-state index contributed by atoms with van der Waals surface area (Å²) in [6.07, 6.45) is 3.83. The van der Waals surface area contributed by atoms with Crippen LogP contribution in [0.4, 0.5) is 0 Å². The third kappa shape index (κ3) is 479. The van der Waals surface area contributed by atoms with Crippen LogP contribution in [0.1, 0.15) is 27.2 Å². The molecule has 0 rings (SSSR count). The Labute approximate surface area is 69.2 Å². The van der Waals surface area contributed by atoms with Crippen molar-refractivity contribution in [2.75, 3.05) is 0 Å². The van der Waals surface area contributed by atoms with Crippen molar-refractivity contribution in [3.63, 3.8) is 0 Å². The van der Waals surface area contributed by atoms with E-state index < -0.39 is 5.97 Å². The zero-order chi connectivity index (χ0) is 9.70. The van der Waals surface area contributed by atoms with Crippen LogP contribution >= 0.6 is 0 Å². The van der Waals surface area contributed by atoms with E-state index in [0.29, 0.717) is 0 Å². The maximum absolute atomic E-state index is 9.25. The summed E-state index contributed by atoms with van der Waals surface area (Å²) in [6, 6.07) is 0. The van der Waals surface area contributed by atoms with Crippen LogP contribution in [0.2, 0.25) is 0 Å². The lowest BCUT2D eigenvalue weighted by Gasteiger charge is -1.64. The van der Waals surface area contributed by atoms with E-state index >= 15 is 0 Å². The average Bonchev–Trinajstić information content (AvgIpc) is 1.91. The monoisotopic (exact) mass is 158 g/mol. The number of carbonyl (C=O) groups is 1. The van der Waals surface area contributed by atoms with Gasteiger partial charge in [0.1, 0.15) is 0 Å². The minimum Gasteiger partial charge on any atom is -0.478 e. The van der Waals surface area contributed by atoms with Crippen LogP contribution < -0.4 is 0 Å². The van der Waals surface area contributed by atoms with E-state index in [0.717, 1.165) is 6.08 Å². The summed E-state index contributed by atoms with van der Waals surface area (Å²) in [6.45, 7) is 12.5. The third-order valence-electron chi connectivity index (χ3n) is 0.175. The predicted molar refractivity (Wildman–Crippen MR) is 49.7 cm³/mol. The van der Waals surface area contributed by atoms with Gasteiger partial charge in [-0.1, -0.05) is 32.9 Å². The molecule has 11 heavy (non-hydrogen) atoms. The molecular formula is C9H18O2. The fraction of sp³-hybridized carbons (Fsp3) is 0.444. The molecule has 0 amide bonds. The van der Waals surface area contributed by atoms with Gasteiger partial charge in [0.05, 0.1) is 0 Å². The van der Waals surface area contributed by atoms with Gasteiger partial charge in [0.25, 0.3) is 0 Å². The highest BCUT2D eigenvalue weighted by atomic mass is 16.4. The fourth-order valence-corrected chi connectivity index (χ4v) is 0. The summed E-state index contributed by atoms with van der Waals surface area (Å²) < 4.78 is 0. The molecule has 0 saturated heterocycles. The maximum atomic E-state index is 9.25. The van der Waals surface area contributed by atoms with Crippen molar-refractivity contribution in [3.8, 4) is 0 Å². The van der Waals surface area contributed by atoms with E-state index in [2.05, 4.69) is 27.0 Å². The van der Waals surface area contributed by atoms with Crippen LogP contribution in [-0.4, -0.2) is 11.1 Å². The van der Waals surface area contributed by atoms with Gasteiger partial charge in [-0.2, -0.15) is 0 Å². The minimum atomic E-state index is -0.981. The number of hydrogen-bond acceptors (Lipinski definition) is 1. The number of carboxylic acid groups (broad SMARTS) is 1. The highest BCUT2D eigenvalue weighted by molar-refractivity contribution is 5.78. The molecular weight excluding hydrogens is 140 g/mol. The Bertz CT molecular complexity index is 95.7. The predicted octanol–water partition coefficient (Wildman–Crippen LogP) is 2.87. The largest absolute Gasteiger partial charge is 0.478 e. The summed E-state index contributed by atoms with van der Waals surface area (Å²) in [5.41, 5.74) is 0. The maximum Gasteiger partial charge on any atom is 0.327 e. The smallest absolute Gasteiger partial charge is 0.327 e. The summed E-state index contributed by atoms with van der Waals surface area (Å²) >= 11 is 0. The molecule has 0 spiro atoms. The second-order valence-corrected chi connectivity index (χ2v) is 1.66. The molecule has 0 unspecified atom stereocenters. The quantitative estimate of drug-likeness (QED) is 0.470. The Morgan fingerprint density at radius 1 is 1.45 bits per heavy atom. The van der Waals surface area contributed by atoms with E-state index in [9.17, 15) is 4.79 Å². The van der Waals surface area contributed by atoms with Gasteiger partial charge >= 0.3 is 5.97 Å². The van der Waals surface area contributed by atoms with Gasteiger partial charge in [0.2, 0.25) is 0 Å². The van der Waals surface area contributed by atoms with E-state index in [1.807, 2.05) is 6.92 Å². The van der Waals surface area contributed by atoms with Gasteiger partial charge in [0.15, 0.2) is 0 Å². The molecule has 0 aliphatic carbocycles. The number of allylic oxidation sites excluding steroid dienone is 1. The van der Waals surface area contributed by atoms with Crippen molar-refractivity contribution in [1.29, 1.82) is 0 Å². The molecule has 2 nitrogen and oxygen atoms in total. The molecule has 0 aromatic heterocycles. The van der Waals surface area contributed by atoms with E-state index in [4.69, 9.17) is 5.11 Å². The Balaban J connectivity index is -0.0000000933. The van der Waals surface area contributed by atoms with Crippen molar-refractivity contribution >= 4 is 5.97 Å². The number of hydrogen-bond donors (Lipinski definition) is 1. The summed E-state index contributed by atoms with van der Waals surface area (Å²) in [5, 5.41) is 7.60. The van der Waals surface area contributed by atoms with Crippen molar-refractivity contribution in [2.24, 2.45) is 0 Å². The first-order valence-corrected chi connectivity index (χ1v) is 3.52. The molecule has 0 saturated carbocycles. The van der Waals surface area contributed by atoms with E-state index in [1.165, 1.54) is 6.42 Å². The Hall–Kier alpha value is -1.05. The van der Waals surface area contributed by atoms with Crippen LogP contribution in [-0.2, 0) is 4.79 Å². The molecule has 0 aliphatic rings. The lowest BCUT2D eigenvalue weighted by molar-refractivity contribution is -0.131. The first-order chi connectivity index (χ1) is 5.10.